The molecule has 0 radical (unpaired) electrons. The van der Waals surface area contributed by atoms with Crippen molar-refractivity contribution in [1.29, 1.82) is 0 Å². The smallest absolute Gasteiger partial charge is 0.383 e. The fourth-order valence-electron chi connectivity index (χ4n) is 2.50. The van der Waals surface area contributed by atoms with Crippen molar-refractivity contribution < 1.29 is 10.0 Å². The zero-order chi connectivity index (χ0) is 16.6. The largest absolute Gasteiger partial charge is 0.386 e. The minimum absolute atomic E-state index is 0.0348. The Hall–Kier alpha value is -2.45. The van der Waals surface area contributed by atoms with E-state index in [4.69, 9.17) is 11.6 Å². The van der Waals surface area contributed by atoms with Gasteiger partial charge in [0.25, 0.3) is 0 Å². The number of aromatic nitrogens is 4. The molecule has 0 spiro atoms. The van der Waals surface area contributed by atoms with Crippen molar-refractivity contribution in [3.63, 3.8) is 0 Å². The Kier molecular flexibility index (Phi) is 3.78. The van der Waals surface area contributed by atoms with Crippen LogP contribution in [0.2, 0.25) is 5.28 Å². The average Bonchev–Trinajstić information content (AvgIpc) is 3.03. The molecule has 1 aromatic carbocycles. The number of hydrogen-bond donors (Lipinski definition) is 1. The van der Waals surface area contributed by atoms with Crippen LogP contribution in [0, 0.1) is 10.1 Å². The summed E-state index contributed by atoms with van der Waals surface area (Å²) in [6.07, 6.45) is 2.86. The molecule has 0 saturated heterocycles. The first-order valence-corrected chi connectivity index (χ1v) is 7.23. The molecule has 0 saturated carbocycles. The van der Waals surface area contributed by atoms with E-state index >= 15 is 0 Å². The van der Waals surface area contributed by atoms with E-state index in [0.717, 1.165) is 11.0 Å². The van der Waals surface area contributed by atoms with Crippen molar-refractivity contribution in [3.8, 4) is 0 Å². The van der Waals surface area contributed by atoms with Gasteiger partial charge in [-0.05, 0) is 40.6 Å². The molecule has 2 heterocycles. The summed E-state index contributed by atoms with van der Waals surface area (Å²) in [7, 11) is 0. The van der Waals surface area contributed by atoms with Crippen molar-refractivity contribution >= 4 is 28.5 Å². The minimum Gasteiger partial charge on any atom is -0.386 e. The summed E-state index contributed by atoms with van der Waals surface area (Å²) in [5.74, 6) is -0.348. The highest BCUT2D eigenvalue weighted by Crippen LogP contribution is 2.21. The summed E-state index contributed by atoms with van der Waals surface area (Å²) >= 11 is 5.89. The Morgan fingerprint density at radius 3 is 2.74 bits per heavy atom. The molecule has 0 aliphatic heterocycles. The van der Waals surface area contributed by atoms with Gasteiger partial charge in [-0.15, -0.1) is 0 Å². The van der Waals surface area contributed by atoms with Gasteiger partial charge in [0.1, 0.15) is 6.20 Å². The number of nitro groups is 1. The Morgan fingerprint density at radius 1 is 1.35 bits per heavy atom. The molecular weight excluding hydrogens is 322 g/mol. The van der Waals surface area contributed by atoms with Crippen LogP contribution in [0.15, 0.2) is 36.8 Å². The summed E-state index contributed by atoms with van der Waals surface area (Å²) in [6.45, 7) is 1.96. The highest BCUT2D eigenvalue weighted by Gasteiger charge is 2.27. The van der Waals surface area contributed by atoms with Crippen LogP contribution in [0.4, 0.5) is 5.82 Å². The van der Waals surface area contributed by atoms with Gasteiger partial charge in [-0.25, -0.2) is 4.98 Å². The van der Waals surface area contributed by atoms with Crippen LogP contribution in [-0.2, 0) is 13.1 Å². The van der Waals surface area contributed by atoms with E-state index in [1.165, 1.54) is 10.8 Å². The van der Waals surface area contributed by atoms with Crippen molar-refractivity contribution in [2.24, 2.45) is 0 Å². The molecule has 0 aliphatic rings. The van der Waals surface area contributed by atoms with Crippen molar-refractivity contribution in [3.05, 3.63) is 52.2 Å². The standard InChI is InChI=1S/C14H14ClN5O3/c1-14(21,7-18-6-12(20(22)23)17-13(18)15)8-19-9-16-10-4-2-3-5-11(10)19/h2-6,9,21H,7-8H2,1H3. The molecule has 3 aromatic rings. The van der Waals surface area contributed by atoms with Gasteiger partial charge < -0.3 is 19.8 Å². The second-order valence-corrected chi connectivity index (χ2v) is 5.95. The fourth-order valence-corrected chi connectivity index (χ4v) is 2.69. The third-order valence-corrected chi connectivity index (χ3v) is 3.75. The molecular formula is C14H14ClN5O3. The molecule has 23 heavy (non-hydrogen) atoms. The quantitative estimate of drug-likeness (QED) is 0.569. The van der Waals surface area contributed by atoms with Crippen molar-refractivity contribution in [1.82, 2.24) is 19.1 Å². The Morgan fingerprint density at radius 2 is 2.04 bits per heavy atom. The number of para-hydroxylation sites is 2. The predicted molar refractivity (Wildman–Crippen MR) is 84.2 cm³/mol. The first-order chi connectivity index (χ1) is 10.9. The lowest BCUT2D eigenvalue weighted by molar-refractivity contribution is -0.389. The van der Waals surface area contributed by atoms with E-state index in [2.05, 4.69) is 9.97 Å². The Bertz CT molecular complexity index is 870. The molecule has 1 atom stereocenters. The number of aliphatic hydroxyl groups is 1. The summed E-state index contributed by atoms with van der Waals surface area (Å²) in [5.41, 5.74) is 0.539. The van der Waals surface area contributed by atoms with Crippen LogP contribution in [0.1, 0.15) is 6.92 Å². The molecule has 2 aromatic heterocycles. The van der Waals surface area contributed by atoms with E-state index in [1.54, 1.807) is 13.3 Å². The number of benzene rings is 1. The number of imidazole rings is 2. The lowest BCUT2D eigenvalue weighted by Crippen LogP contribution is -2.35. The molecule has 1 N–H and O–H groups in total. The zero-order valence-corrected chi connectivity index (χ0v) is 13.0. The van der Waals surface area contributed by atoms with Gasteiger partial charge >= 0.3 is 11.1 Å². The maximum Gasteiger partial charge on any atom is 0.383 e. The minimum atomic E-state index is -1.19. The molecule has 0 bridgehead atoms. The lowest BCUT2D eigenvalue weighted by atomic mass is 10.1. The van der Waals surface area contributed by atoms with E-state index < -0.39 is 10.5 Å². The molecule has 9 heteroatoms. The summed E-state index contributed by atoms with van der Waals surface area (Å²) < 4.78 is 3.19. The van der Waals surface area contributed by atoms with Crippen molar-refractivity contribution in [2.75, 3.05) is 0 Å². The average molecular weight is 336 g/mol. The van der Waals surface area contributed by atoms with E-state index in [-0.39, 0.29) is 24.2 Å². The first kappa shape index (κ1) is 15.4. The first-order valence-electron chi connectivity index (χ1n) is 6.85. The SMILES string of the molecule is CC(O)(Cn1cc([N+](=O)[O-])nc1Cl)Cn1cnc2ccccc21. The molecule has 1 unspecified atom stereocenters. The van der Waals surface area contributed by atoms with Crippen LogP contribution >= 0.6 is 11.6 Å². The van der Waals surface area contributed by atoms with Gasteiger partial charge in [0, 0.05) is 0 Å². The van der Waals surface area contributed by atoms with Crippen LogP contribution in [-0.4, -0.2) is 34.7 Å². The molecule has 0 amide bonds. The highest BCUT2D eigenvalue weighted by molar-refractivity contribution is 6.28. The van der Waals surface area contributed by atoms with E-state index in [9.17, 15) is 15.2 Å². The Labute approximate surface area is 136 Å². The molecule has 0 aliphatic carbocycles. The number of rotatable bonds is 5. The van der Waals surface area contributed by atoms with Gasteiger partial charge in [0.2, 0.25) is 0 Å². The normalized spacial score (nSPS) is 14.0. The van der Waals surface area contributed by atoms with Gasteiger partial charge in [-0.2, -0.15) is 0 Å². The second kappa shape index (κ2) is 5.64. The van der Waals surface area contributed by atoms with Gasteiger partial charge in [0.05, 0.1) is 36.1 Å². The number of hydrogen-bond acceptors (Lipinski definition) is 5. The maximum atomic E-state index is 10.7. The third-order valence-electron chi connectivity index (χ3n) is 3.45. The van der Waals surface area contributed by atoms with Gasteiger partial charge in [-0.1, -0.05) is 12.1 Å². The summed E-state index contributed by atoms with van der Waals surface area (Å²) in [5, 5.41) is 21.3. The maximum absolute atomic E-state index is 10.7. The predicted octanol–water partition coefficient (Wildman–Crippen LogP) is 2.25. The van der Waals surface area contributed by atoms with Crippen LogP contribution in [0.5, 0.6) is 0 Å². The Balaban J connectivity index is 1.83. The van der Waals surface area contributed by atoms with Crippen LogP contribution < -0.4 is 0 Å². The zero-order valence-electron chi connectivity index (χ0n) is 12.3. The molecule has 3 rings (SSSR count). The topological polar surface area (TPSA) is 99.0 Å². The molecule has 120 valence electrons. The van der Waals surface area contributed by atoms with Gasteiger partial charge in [0.15, 0.2) is 0 Å². The van der Waals surface area contributed by atoms with E-state index in [0.29, 0.717) is 0 Å². The molecule has 8 nitrogen and oxygen atoms in total. The van der Waals surface area contributed by atoms with Crippen LogP contribution in [0.25, 0.3) is 11.0 Å². The summed E-state index contributed by atoms with van der Waals surface area (Å²) in [4.78, 5) is 18.0. The van der Waals surface area contributed by atoms with Crippen molar-refractivity contribution in [2.45, 2.75) is 25.6 Å². The summed E-state index contributed by atoms with van der Waals surface area (Å²) in [6, 6.07) is 7.58. The second-order valence-electron chi connectivity index (χ2n) is 5.61. The fraction of sp³-hybridized carbons (Fsp3) is 0.286. The van der Waals surface area contributed by atoms with Crippen LogP contribution in [0.3, 0.4) is 0 Å². The number of nitrogens with zero attached hydrogens (tertiary/aromatic N) is 5. The monoisotopic (exact) mass is 335 g/mol. The molecule has 0 fully saturated rings. The number of halogens is 1. The highest BCUT2D eigenvalue weighted by atomic mass is 35.5. The van der Waals surface area contributed by atoms with E-state index in [1.807, 2.05) is 28.8 Å². The third kappa shape index (κ3) is 3.17. The van der Waals surface area contributed by atoms with Gasteiger partial charge in [-0.3, -0.25) is 4.57 Å². The number of fused-ring (bicyclic) bond motifs is 1. The lowest BCUT2D eigenvalue weighted by Gasteiger charge is -2.24.